The van der Waals surface area contributed by atoms with Gasteiger partial charge in [-0.05, 0) is 64.2 Å². The van der Waals surface area contributed by atoms with Crippen molar-refractivity contribution in [1.29, 1.82) is 0 Å². The fraction of sp³-hybridized carbons (Fsp3) is 0.556. The topological polar surface area (TPSA) is 64.7 Å². The number of anilines is 2. The van der Waals surface area contributed by atoms with Crippen LogP contribution in [0.3, 0.4) is 0 Å². The van der Waals surface area contributed by atoms with E-state index in [4.69, 9.17) is 0 Å². The minimum atomic E-state index is -0.283. The van der Waals surface area contributed by atoms with Crippen LogP contribution in [0.5, 0.6) is 0 Å². The monoisotopic (exact) mass is 332 g/mol. The van der Waals surface area contributed by atoms with Gasteiger partial charge in [0.1, 0.15) is 6.42 Å². The maximum absolute atomic E-state index is 11.9. The lowest BCUT2D eigenvalue weighted by atomic mass is 10.2. The van der Waals surface area contributed by atoms with Crippen LogP contribution in [0.4, 0.5) is 11.4 Å². The van der Waals surface area contributed by atoms with Crippen molar-refractivity contribution in [3.8, 4) is 0 Å². The second-order valence-corrected chi connectivity index (χ2v) is 6.47. The Morgan fingerprint density at radius 2 is 1.75 bits per heavy atom. The van der Waals surface area contributed by atoms with Crippen LogP contribution in [-0.4, -0.2) is 57.0 Å². The number of amides is 2. The van der Waals surface area contributed by atoms with E-state index < -0.39 is 0 Å². The van der Waals surface area contributed by atoms with Gasteiger partial charge in [0.15, 0.2) is 0 Å². The van der Waals surface area contributed by atoms with Crippen LogP contribution in [0.2, 0.25) is 0 Å². The van der Waals surface area contributed by atoms with Crippen LogP contribution in [0.25, 0.3) is 0 Å². The highest BCUT2D eigenvalue weighted by Crippen LogP contribution is 2.22. The SMILES string of the molecule is CN(C)CCCNC(=O)CC(=O)Nc1ccc(N2CCCC2)cc1. The molecule has 1 saturated heterocycles. The zero-order valence-corrected chi connectivity index (χ0v) is 14.7. The number of benzene rings is 1. The molecule has 132 valence electrons. The van der Waals surface area contributed by atoms with Gasteiger partial charge >= 0.3 is 0 Å². The molecular formula is C18H28N4O2. The maximum atomic E-state index is 11.9. The van der Waals surface area contributed by atoms with E-state index in [1.165, 1.54) is 18.5 Å². The van der Waals surface area contributed by atoms with Crippen molar-refractivity contribution < 1.29 is 9.59 Å². The van der Waals surface area contributed by atoms with Gasteiger partial charge in [0.25, 0.3) is 0 Å². The fourth-order valence-corrected chi connectivity index (χ4v) is 2.77. The van der Waals surface area contributed by atoms with Crippen LogP contribution in [0, 0.1) is 0 Å². The summed E-state index contributed by atoms with van der Waals surface area (Å²) in [6.07, 6.45) is 3.21. The summed E-state index contributed by atoms with van der Waals surface area (Å²) >= 11 is 0. The van der Waals surface area contributed by atoms with Crippen LogP contribution in [0.15, 0.2) is 24.3 Å². The molecule has 1 aliphatic rings. The van der Waals surface area contributed by atoms with Gasteiger partial charge in [0, 0.05) is 31.0 Å². The molecule has 2 amide bonds. The molecule has 1 aromatic rings. The van der Waals surface area contributed by atoms with Crippen LogP contribution < -0.4 is 15.5 Å². The average Bonchev–Trinajstić information content (AvgIpc) is 3.06. The van der Waals surface area contributed by atoms with E-state index >= 15 is 0 Å². The summed E-state index contributed by atoms with van der Waals surface area (Å²) in [5, 5.41) is 5.54. The molecular weight excluding hydrogens is 304 g/mol. The van der Waals surface area contributed by atoms with Gasteiger partial charge in [-0.1, -0.05) is 0 Å². The number of carbonyl (C=O) groups is 2. The van der Waals surface area contributed by atoms with Gasteiger partial charge in [-0.15, -0.1) is 0 Å². The molecule has 6 nitrogen and oxygen atoms in total. The molecule has 2 rings (SSSR count). The highest BCUT2D eigenvalue weighted by Gasteiger charge is 2.13. The first kappa shape index (κ1) is 18.3. The van der Waals surface area contributed by atoms with Crippen molar-refractivity contribution in [1.82, 2.24) is 10.2 Å². The number of nitrogens with zero attached hydrogens (tertiary/aromatic N) is 2. The quantitative estimate of drug-likeness (QED) is 0.562. The highest BCUT2D eigenvalue weighted by atomic mass is 16.2. The molecule has 0 atom stereocenters. The van der Waals surface area contributed by atoms with E-state index in [9.17, 15) is 9.59 Å². The largest absolute Gasteiger partial charge is 0.372 e. The van der Waals surface area contributed by atoms with Crippen LogP contribution in [0.1, 0.15) is 25.7 Å². The molecule has 6 heteroatoms. The molecule has 0 saturated carbocycles. The van der Waals surface area contributed by atoms with Crippen LogP contribution in [-0.2, 0) is 9.59 Å². The second kappa shape index (κ2) is 9.27. The number of rotatable bonds is 8. The summed E-state index contributed by atoms with van der Waals surface area (Å²) in [6.45, 7) is 3.70. The van der Waals surface area contributed by atoms with Crippen molar-refractivity contribution in [3.63, 3.8) is 0 Å². The smallest absolute Gasteiger partial charge is 0.233 e. The summed E-state index contributed by atoms with van der Waals surface area (Å²) in [5.41, 5.74) is 1.91. The van der Waals surface area contributed by atoms with E-state index in [0.29, 0.717) is 6.54 Å². The minimum absolute atomic E-state index is 0.143. The van der Waals surface area contributed by atoms with E-state index in [1.807, 2.05) is 38.4 Å². The molecule has 0 bridgehead atoms. The molecule has 1 aliphatic heterocycles. The van der Waals surface area contributed by atoms with E-state index in [0.717, 1.165) is 31.7 Å². The van der Waals surface area contributed by atoms with Crippen molar-refractivity contribution in [3.05, 3.63) is 24.3 Å². The van der Waals surface area contributed by atoms with Gasteiger partial charge in [-0.25, -0.2) is 0 Å². The first-order valence-corrected chi connectivity index (χ1v) is 8.61. The molecule has 1 fully saturated rings. The Morgan fingerprint density at radius 3 is 2.38 bits per heavy atom. The number of nitrogens with one attached hydrogen (secondary N) is 2. The van der Waals surface area contributed by atoms with E-state index in [2.05, 4.69) is 20.4 Å². The third kappa shape index (κ3) is 6.20. The lowest BCUT2D eigenvalue weighted by Gasteiger charge is -2.17. The zero-order valence-electron chi connectivity index (χ0n) is 14.7. The van der Waals surface area contributed by atoms with Crippen molar-refractivity contribution in [2.24, 2.45) is 0 Å². The van der Waals surface area contributed by atoms with Crippen molar-refractivity contribution >= 4 is 23.2 Å². The molecule has 0 aromatic heterocycles. The Labute approximate surface area is 144 Å². The summed E-state index contributed by atoms with van der Waals surface area (Å²) in [4.78, 5) is 28.0. The predicted molar refractivity (Wildman–Crippen MR) is 97.3 cm³/mol. The molecule has 1 aromatic carbocycles. The summed E-state index contributed by atoms with van der Waals surface area (Å²) in [6, 6.07) is 7.81. The zero-order chi connectivity index (χ0) is 17.4. The first-order valence-electron chi connectivity index (χ1n) is 8.61. The van der Waals surface area contributed by atoms with Gasteiger partial charge in [0.05, 0.1) is 0 Å². The lowest BCUT2D eigenvalue weighted by Crippen LogP contribution is -2.30. The van der Waals surface area contributed by atoms with Gasteiger partial charge in [-0.3, -0.25) is 9.59 Å². The normalized spacial score (nSPS) is 14.0. The Balaban J connectivity index is 1.70. The predicted octanol–water partition coefficient (Wildman–Crippen LogP) is 1.68. The maximum Gasteiger partial charge on any atom is 0.233 e. The van der Waals surface area contributed by atoms with E-state index in [-0.39, 0.29) is 18.2 Å². The number of hydrogen-bond acceptors (Lipinski definition) is 4. The Morgan fingerprint density at radius 1 is 1.08 bits per heavy atom. The molecule has 0 aliphatic carbocycles. The number of hydrogen-bond donors (Lipinski definition) is 2. The van der Waals surface area contributed by atoms with E-state index in [1.54, 1.807) is 0 Å². The molecule has 24 heavy (non-hydrogen) atoms. The van der Waals surface area contributed by atoms with Gasteiger partial charge in [0.2, 0.25) is 11.8 Å². The van der Waals surface area contributed by atoms with Crippen molar-refractivity contribution in [2.45, 2.75) is 25.7 Å². The number of carbonyl (C=O) groups excluding carboxylic acids is 2. The molecule has 1 heterocycles. The summed E-state index contributed by atoms with van der Waals surface area (Å²) in [5.74, 6) is -0.519. The third-order valence-corrected chi connectivity index (χ3v) is 4.05. The molecule has 0 radical (unpaired) electrons. The van der Waals surface area contributed by atoms with Gasteiger partial charge < -0.3 is 20.4 Å². The second-order valence-electron chi connectivity index (χ2n) is 6.47. The summed E-state index contributed by atoms with van der Waals surface area (Å²) in [7, 11) is 3.98. The fourth-order valence-electron chi connectivity index (χ4n) is 2.77. The Hall–Kier alpha value is -2.08. The van der Waals surface area contributed by atoms with Crippen molar-refractivity contribution in [2.75, 3.05) is 50.5 Å². The Bertz CT molecular complexity index is 536. The molecule has 0 spiro atoms. The lowest BCUT2D eigenvalue weighted by molar-refractivity contribution is -0.126. The average molecular weight is 332 g/mol. The van der Waals surface area contributed by atoms with Gasteiger partial charge in [-0.2, -0.15) is 0 Å². The van der Waals surface area contributed by atoms with Crippen LogP contribution >= 0.6 is 0 Å². The third-order valence-electron chi connectivity index (χ3n) is 4.05. The molecule has 0 unspecified atom stereocenters. The molecule has 2 N–H and O–H groups in total. The first-order chi connectivity index (χ1) is 11.5. The summed E-state index contributed by atoms with van der Waals surface area (Å²) < 4.78 is 0. The Kier molecular flexibility index (Phi) is 7.06. The standard InChI is InChI=1S/C18H28N4O2/c1-21(2)11-5-10-19-17(23)14-18(24)20-15-6-8-16(9-7-15)22-12-3-4-13-22/h6-9H,3-5,10-14H2,1-2H3,(H,19,23)(H,20,24). The minimum Gasteiger partial charge on any atom is -0.372 e. The highest BCUT2D eigenvalue weighted by molar-refractivity contribution is 6.03.